The summed E-state index contributed by atoms with van der Waals surface area (Å²) in [5, 5.41) is 21.1. The molecule has 0 aliphatic rings. The lowest BCUT2D eigenvalue weighted by Crippen LogP contribution is -2.10. The van der Waals surface area contributed by atoms with Crippen LogP contribution in [0.25, 0.3) is 0 Å². The Morgan fingerprint density at radius 2 is 1.94 bits per heavy atom. The minimum atomic E-state index is -0.844. The average molecular weight is 352 g/mol. The number of nitro groups is 2. The summed E-state index contributed by atoms with van der Waals surface area (Å²) in [6.45, 7) is 0. The second-order valence-corrected chi connectivity index (χ2v) is 3.54. The number of rotatable bonds is 4. The highest BCUT2D eigenvalue weighted by molar-refractivity contribution is 14.1. The number of esters is 1. The molecule has 8 nitrogen and oxygen atoms in total. The van der Waals surface area contributed by atoms with Gasteiger partial charge in [-0.1, -0.05) is 22.6 Å². The molecule has 1 aromatic carbocycles. The van der Waals surface area contributed by atoms with Crippen molar-refractivity contribution >= 4 is 39.9 Å². The first-order valence-corrected chi connectivity index (χ1v) is 5.67. The minimum absolute atomic E-state index is 0.0197. The van der Waals surface area contributed by atoms with E-state index in [4.69, 9.17) is 0 Å². The SMILES string of the molecule is O=C(CI)Oc1ccc([N+](=O)[O-])cc1[N+](=O)[O-]. The highest BCUT2D eigenvalue weighted by Gasteiger charge is 2.22. The molecule has 17 heavy (non-hydrogen) atoms. The second-order valence-electron chi connectivity index (χ2n) is 2.77. The molecule has 0 unspecified atom stereocenters. The quantitative estimate of drug-likeness (QED) is 0.204. The molecule has 0 saturated heterocycles. The van der Waals surface area contributed by atoms with Crippen LogP contribution in [0.1, 0.15) is 0 Å². The van der Waals surface area contributed by atoms with E-state index in [9.17, 15) is 25.0 Å². The van der Waals surface area contributed by atoms with Crippen molar-refractivity contribution in [3.63, 3.8) is 0 Å². The standard InChI is InChI=1S/C8H5IN2O6/c9-4-8(12)17-7-2-1-5(10(13)14)3-6(7)11(15)16/h1-3H,4H2. The lowest BCUT2D eigenvalue weighted by Gasteiger charge is -2.02. The molecule has 0 fully saturated rings. The lowest BCUT2D eigenvalue weighted by molar-refractivity contribution is -0.394. The fourth-order valence-corrected chi connectivity index (χ4v) is 1.15. The molecule has 0 aliphatic carbocycles. The monoisotopic (exact) mass is 352 g/mol. The van der Waals surface area contributed by atoms with Crippen molar-refractivity contribution in [3.05, 3.63) is 38.4 Å². The number of carbonyl (C=O) groups is 1. The van der Waals surface area contributed by atoms with Crippen LogP contribution in [0.2, 0.25) is 0 Å². The summed E-state index contributed by atoms with van der Waals surface area (Å²) >= 11 is 1.73. The van der Waals surface area contributed by atoms with Crippen molar-refractivity contribution in [2.24, 2.45) is 0 Å². The van der Waals surface area contributed by atoms with Crippen LogP contribution >= 0.6 is 22.6 Å². The number of alkyl halides is 1. The molecule has 1 rings (SSSR count). The van der Waals surface area contributed by atoms with Gasteiger partial charge in [0.15, 0.2) is 0 Å². The normalized spacial score (nSPS) is 9.71. The lowest BCUT2D eigenvalue weighted by atomic mass is 10.2. The number of nitro benzene ring substituents is 2. The van der Waals surface area contributed by atoms with Crippen LogP contribution in [0, 0.1) is 20.2 Å². The zero-order valence-electron chi connectivity index (χ0n) is 8.16. The van der Waals surface area contributed by atoms with E-state index in [-0.39, 0.29) is 10.2 Å². The number of hydrogen-bond acceptors (Lipinski definition) is 6. The summed E-state index contributed by atoms with van der Waals surface area (Å²) in [4.78, 5) is 30.5. The van der Waals surface area contributed by atoms with E-state index < -0.39 is 27.2 Å². The number of halogens is 1. The van der Waals surface area contributed by atoms with Crippen molar-refractivity contribution < 1.29 is 19.4 Å². The Balaban J connectivity index is 3.17. The predicted molar refractivity (Wildman–Crippen MR) is 64.3 cm³/mol. The van der Waals surface area contributed by atoms with E-state index >= 15 is 0 Å². The third-order valence-electron chi connectivity index (χ3n) is 1.68. The summed E-state index contributed by atoms with van der Waals surface area (Å²) in [7, 11) is 0. The van der Waals surface area contributed by atoms with Gasteiger partial charge in [0.25, 0.3) is 5.69 Å². The summed E-state index contributed by atoms with van der Waals surface area (Å²) in [6.07, 6.45) is 0. The smallest absolute Gasteiger partial charge is 0.321 e. The van der Waals surface area contributed by atoms with Crippen molar-refractivity contribution in [1.29, 1.82) is 0 Å². The van der Waals surface area contributed by atoms with Gasteiger partial charge in [-0.15, -0.1) is 0 Å². The zero-order chi connectivity index (χ0) is 13.0. The van der Waals surface area contributed by atoms with E-state index in [0.717, 1.165) is 18.2 Å². The van der Waals surface area contributed by atoms with Crippen LogP contribution in [-0.2, 0) is 4.79 Å². The van der Waals surface area contributed by atoms with Crippen molar-refractivity contribution in [1.82, 2.24) is 0 Å². The number of hydrogen-bond donors (Lipinski definition) is 0. The molecule has 0 amide bonds. The maximum atomic E-state index is 11.0. The maximum absolute atomic E-state index is 11.0. The van der Waals surface area contributed by atoms with Gasteiger partial charge in [0.2, 0.25) is 5.75 Å². The summed E-state index contributed by atoms with van der Waals surface area (Å²) < 4.78 is 4.70. The van der Waals surface area contributed by atoms with Gasteiger partial charge >= 0.3 is 11.7 Å². The first-order valence-electron chi connectivity index (χ1n) is 4.15. The van der Waals surface area contributed by atoms with Gasteiger partial charge in [0.1, 0.15) is 0 Å². The number of non-ortho nitro benzene ring substituents is 1. The van der Waals surface area contributed by atoms with Crippen LogP contribution in [0.15, 0.2) is 18.2 Å². The fourth-order valence-electron chi connectivity index (χ4n) is 0.998. The highest BCUT2D eigenvalue weighted by Crippen LogP contribution is 2.31. The van der Waals surface area contributed by atoms with Gasteiger partial charge in [-0.2, -0.15) is 0 Å². The van der Waals surface area contributed by atoms with Gasteiger partial charge in [-0.3, -0.25) is 25.0 Å². The minimum Gasteiger partial charge on any atom is -0.419 e. The van der Waals surface area contributed by atoms with Crippen LogP contribution in [0.4, 0.5) is 11.4 Å². The Morgan fingerprint density at radius 1 is 1.29 bits per heavy atom. The molecule has 0 radical (unpaired) electrons. The van der Waals surface area contributed by atoms with Gasteiger partial charge in [-0.25, -0.2) is 0 Å². The number of ether oxygens (including phenoxy) is 1. The Hall–Kier alpha value is -1.78. The molecule has 0 saturated carbocycles. The molecule has 0 bridgehead atoms. The molecule has 1 aromatic rings. The third kappa shape index (κ3) is 3.34. The largest absolute Gasteiger partial charge is 0.419 e. The average Bonchev–Trinajstić information content (AvgIpc) is 2.28. The van der Waals surface area contributed by atoms with E-state index in [1.807, 2.05) is 0 Å². The van der Waals surface area contributed by atoms with E-state index in [2.05, 4.69) is 4.74 Å². The molecule has 0 aromatic heterocycles. The molecular formula is C8H5IN2O6. The zero-order valence-corrected chi connectivity index (χ0v) is 10.3. The van der Waals surface area contributed by atoms with E-state index in [1.54, 1.807) is 22.6 Å². The van der Waals surface area contributed by atoms with Crippen molar-refractivity contribution in [2.75, 3.05) is 4.43 Å². The molecule has 0 aliphatic heterocycles. The van der Waals surface area contributed by atoms with Gasteiger partial charge < -0.3 is 4.74 Å². The number of carbonyl (C=O) groups excluding carboxylic acids is 1. The summed E-state index contributed by atoms with van der Waals surface area (Å²) in [5.74, 6) is -0.968. The molecule has 0 spiro atoms. The maximum Gasteiger partial charge on any atom is 0.321 e. The van der Waals surface area contributed by atoms with Gasteiger partial charge in [0, 0.05) is 6.07 Å². The molecular weight excluding hydrogens is 347 g/mol. The molecule has 9 heteroatoms. The first-order chi connectivity index (χ1) is 7.95. The summed E-state index contributed by atoms with van der Waals surface area (Å²) in [5.41, 5.74) is -1.05. The summed E-state index contributed by atoms with van der Waals surface area (Å²) in [6, 6.07) is 2.80. The third-order valence-corrected chi connectivity index (χ3v) is 2.31. The molecule has 0 heterocycles. The van der Waals surface area contributed by atoms with Crippen molar-refractivity contribution in [2.45, 2.75) is 0 Å². The van der Waals surface area contributed by atoms with E-state index in [1.165, 1.54) is 0 Å². The molecule has 90 valence electrons. The van der Waals surface area contributed by atoms with Crippen LogP contribution in [0.5, 0.6) is 5.75 Å². The molecule has 0 N–H and O–H groups in total. The first kappa shape index (κ1) is 13.3. The highest BCUT2D eigenvalue weighted by atomic mass is 127. The van der Waals surface area contributed by atoms with Gasteiger partial charge in [-0.05, 0) is 6.07 Å². The Labute approximate surface area is 108 Å². The van der Waals surface area contributed by atoms with Crippen molar-refractivity contribution in [3.8, 4) is 5.75 Å². The fraction of sp³-hybridized carbons (Fsp3) is 0.125. The Bertz CT molecular complexity index is 489. The van der Waals surface area contributed by atoms with Crippen LogP contribution in [-0.4, -0.2) is 20.2 Å². The Morgan fingerprint density at radius 3 is 2.41 bits per heavy atom. The van der Waals surface area contributed by atoms with E-state index in [0.29, 0.717) is 0 Å². The second kappa shape index (κ2) is 5.52. The molecule has 0 atom stereocenters. The van der Waals surface area contributed by atoms with Gasteiger partial charge in [0.05, 0.1) is 20.3 Å². The number of nitrogens with zero attached hydrogens (tertiary/aromatic N) is 2. The van der Waals surface area contributed by atoms with Crippen LogP contribution in [0.3, 0.4) is 0 Å². The Kier molecular flexibility index (Phi) is 4.31. The predicted octanol–water partition coefficient (Wildman–Crippen LogP) is 1.84. The topological polar surface area (TPSA) is 113 Å². The number of benzene rings is 1. The van der Waals surface area contributed by atoms with Crippen LogP contribution < -0.4 is 4.74 Å².